The first-order valence-electron chi connectivity index (χ1n) is 19.8. The van der Waals surface area contributed by atoms with E-state index < -0.39 is 71.7 Å². The van der Waals surface area contributed by atoms with E-state index in [4.69, 9.17) is 23.7 Å². The Labute approximate surface area is 319 Å². The van der Waals surface area contributed by atoms with Crippen molar-refractivity contribution in [3.05, 3.63) is 0 Å². The lowest BCUT2D eigenvalue weighted by atomic mass is 9.68. The average molecular weight is 756 g/mol. The summed E-state index contributed by atoms with van der Waals surface area (Å²) in [6.07, 6.45) is -2.07. The van der Waals surface area contributed by atoms with Gasteiger partial charge in [0.2, 0.25) is 11.8 Å². The first-order valence-corrected chi connectivity index (χ1v) is 19.8. The molecule has 0 aromatic carbocycles. The number of hydrogen-bond acceptors (Lipinski definition) is 11. The van der Waals surface area contributed by atoms with Crippen molar-refractivity contribution in [1.82, 2.24) is 15.1 Å². The van der Waals surface area contributed by atoms with E-state index in [0.29, 0.717) is 32.2 Å². The number of methoxy groups -OCH3 is 1. The molecule has 0 saturated carbocycles. The zero-order valence-corrected chi connectivity index (χ0v) is 35.1. The number of amides is 2. The number of hydrogen-bond donors (Lipinski definition) is 3. The van der Waals surface area contributed by atoms with Crippen LogP contribution in [0.15, 0.2) is 0 Å². The summed E-state index contributed by atoms with van der Waals surface area (Å²) in [5.74, 6) is -2.32. The van der Waals surface area contributed by atoms with Gasteiger partial charge in [-0.2, -0.15) is 0 Å². The molecular weight excluding hydrogens is 682 g/mol. The largest absolute Gasteiger partial charge is 0.457 e. The van der Waals surface area contributed by atoms with Crippen molar-refractivity contribution in [2.75, 3.05) is 34.8 Å². The summed E-state index contributed by atoms with van der Waals surface area (Å²) in [4.78, 5) is 43.6. The molecule has 3 saturated heterocycles. The number of ether oxygens (including phenoxy) is 5. The molecule has 0 aliphatic carbocycles. The van der Waals surface area contributed by atoms with Crippen LogP contribution in [0, 0.1) is 29.6 Å². The predicted molar refractivity (Wildman–Crippen MR) is 202 cm³/mol. The van der Waals surface area contributed by atoms with Crippen LogP contribution in [0.2, 0.25) is 0 Å². The zero-order valence-electron chi connectivity index (χ0n) is 35.1. The van der Waals surface area contributed by atoms with E-state index in [1.54, 1.807) is 26.0 Å². The Hall–Kier alpha value is -1.87. The van der Waals surface area contributed by atoms with E-state index in [9.17, 15) is 24.6 Å². The van der Waals surface area contributed by atoms with Crippen molar-refractivity contribution in [1.29, 1.82) is 0 Å². The monoisotopic (exact) mass is 756 g/mol. The van der Waals surface area contributed by atoms with Gasteiger partial charge in [-0.15, -0.1) is 0 Å². The second-order valence-corrected chi connectivity index (χ2v) is 17.8. The summed E-state index contributed by atoms with van der Waals surface area (Å²) in [6, 6.07) is -0.514. The second kappa shape index (κ2) is 18.8. The molecule has 13 heteroatoms. The summed E-state index contributed by atoms with van der Waals surface area (Å²) >= 11 is 0. The van der Waals surface area contributed by atoms with Gasteiger partial charge in [-0.1, -0.05) is 34.6 Å². The molecule has 0 radical (unpaired) electrons. The van der Waals surface area contributed by atoms with E-state index in [0.717, 1.165) is 0 Å². The van der Waals surface area contributed by atoms with Gasteiger partial charge in [-0.25, -0.2) is 0 Å². The van der Waals surface area contributed by atoms with Crippen molar-refractivity contribution < 1.29 is 48.3 Å². The summed E-state index contributed by atoms with van der Waals surface area (Å²) in [5, 5.41) is 27.4. The minimum Gasteiger partial charge on any atom is -0.457 e. The molecule has 308 valence electrons. The van der Waals surface area contributed by atoms with Crippen LogP contribution >= 0.6 is 0 Å². The molecule has 2 amide bonds. The van der Waals surface area contributed by atoms with Crippen LogP contribution in [0.5, 0.6) is 0 Å². The van der Waals surface area contributed by atoms with Gasteiger partial charge in [0.15, 0.2) is 12.4 Å². The van der Waals surface area contributed by atoms with Gasteiger partial charge >= 0.3 is 5.97 Å². The van der Waals surface area contributed by atoms with Crippen LogP contribution in [-0.2, 0) is 38.1 Å². The number of likely N-dealkylation sites (N-methyl/N-ethyl adjacent to an activating group) is 1. The molecule has 0 bridgehead atoms. The quantitative estimate of drug-likeness (QED) is 0.295. The van der Waals surface area contributed by atoms with Gasteiger partial charge in [0.1, 0.15) is 5.60 Å². The number of rotatable bonds is 9. The fraction of sp³-hybridized carbons (Fsp3) is 0.925. The van der Waals surface area contributed by atoms with Crippen LogP contribution in [0.1, 0.15) is 108 Å². The van der Waals surface area contributed by atoms with E-state index in [1.165, 1.54) is 6.92 Å². The Morgan fingerprint density at radius 2 is 1.74 bits per heavy atom. The number of nitrogens with one attached hydrogen (secondary N) is 1. The van der Waals surface area contributed by atoms with Gasteiger partial charge in [0.25, 0.3) is 0 Å². The number of carbonyl (C=O) groups is 3. The number of nitrogens with zero attached hydrogens (tertiary/aromatic N) is 2. The SMILES string of the molecule is CO[C@]1(C)C[C@H](O[C@H]2[C@H](C)[C@@H](C[C@@H]3O[C@H](C)C[C@H](N(C)C)[C@H]3O)[C@](C)(O)C[C@@H](C)CN(C)C(=O)CC(CC(C)C)NC(=O)[C@@H]2C)O[C@@H](C)[C@@H]1OC(C)=O. The maximum Gasteiger partial charge on any atom is 0.303 e. The average Bonchev–Trinajstić information content (AvgIpc) is 3.03. The van der Waals surface area contributed by atoms with Crippen molar-refractivity contribution >= 4 is 17.8 Å². The molecule has 3 rings (SSSR count). The van der Waals surface area contributed by atoms with Gasteiger partial charge in [0, 0.05) is 52.6 Å². The molecule has 0 spiro atoms. The van der Waals surface area contributed by atoms with Crippen molar-refractivity contribution in [3.63, 3.8) is 0 Å². The number of esters is 1. The Bertz CT molecular complexity index is 1220. The normalized spacial score (nSPS) is 42.7. The minimum absolute atomic E-state index is 0.0692. The highest BCUT2D eigenvalue weighted by molar-refractivity contribution is 5.81. The van der Waals surface area contributed by atoms with Gasteiger partial charge in [0.05, 0.1) is 42.0 Å². The molecule has 53 heavy (non-hydrogen) atoms. The number of carbonyl (C=O) groups excluding carboxylic acids is 3. The van der Waals surface area contributed by atoms with E-state index in [-0.39, 0.29) is 54.7 Å². The lowest BCUT2D eigenvalue weighted by Crippen LogP contribution is -2.59. The highest BCUT2D eigenvalue weighted by Gasteiger charge is 2.52. The molecule has 15 atom stereocenters. The lowest BCUT2D eigenvalue weighted by molar-refractivity contribution is -0.300. The molecule has 3 fully saturated rings. The van der Waals surface area contributed by atoms with Crippen molar-refractivity contribution in [3.8, 4) is 0 Å². The molecule has 3 N–H and O–H groups in total. The fourth-order valence-corrected chi connectivity index (χ4v) is 9.34. The van der Waals surface area contributed by atoms with Crippen LogP contribution in [0.4, 0.5) is 0 Å². The Morgan fingerprint density at radius 1 is 1.09 bits per heavy atom. The fourth-order valence-electron chi connectivity index (χ4n) is 9.34. The molecular formula is C40H73N3O10. The molecule has 0 aromatic heterocycles. The molecule has 3 aliphatic heterocycles. The zero-order chi connectivity index (χ0) is 40.2. The maximum absolute atomic E-state index is 14.3. The van der Waals surface area contributed by atoms with Crippen LogP contribution < -0.4 is 5.32 Å². The van der Waals surface area contributed by atoms with Crippen molar-refractivity contribution in [2.24, 2.45) is 29.6 Å². The van der Waals surface area contributed by atoms with E-state index in [1.807, 2.05) is 60.5 Å². The topological polar surface area (TPSA) is 156 Å². The summed E-state index contributed by atoms with van der Waals surface area (Å²) in [7, 11) is 7.24. The lowest BCUT2D eigenvalue weighted by Gasteiger charge is -2.49. The molecule has 0 aromatic rings. The summed E-state index contributed by atoms with van der Waals surface area (Å²) in [6.45, 7) is 19.2. The third-order valence-electron chi connectivity index (χ3n) is 12.1. The van der Waals surface area contributed by atoms with E-state index in [2.05, 4.69) is 19.2 Å². The molecule has 1 unspecified atom stereocenters. The Morgan fingerprint density at radius 3 is 2.30 bits per heavy atom. The highest BCUT2D eigenvalue weighted by Crippen LogP contribution is 2.43. The second-order valence-electron chi connectivity index (χ2n) is 17.8. The first kappa shape index (κ1) is 45.5. The highest BCUT2D eigenvalue weighted by atomic mass is 16.7. The number of aliphatic hydroxyl groups excluding tert-OH is 1. The molecule has 3 aliphatic rings. The van der Waals surface area contributed by atoms with Gasteiger partial charge < -0.3 is 49.0 Å². The molecule has 3 heterocycles. The minimum atomic E-state index is -1.32. The Kier molecular flexibility index (Phi) is 16.2. The first-order chi connectivity index (χ1) is 24.5. The molecule has 13 nitrogen and oxygen atoms in total. The van der Waals surface area contributed by atoms with Crippen LogP contribution in [0.3, 0.4) is 0 Å². The summed E-state index contributed by atoms with van der Waals surface area (Å²) < 4.78 is 31.3. The van der Waals surface area contributed by atoms with Crippen LogP contribution in [0.25, 0.3) is 0 Å². The predicted octanol–water partition coefficient (Wildman–Crippen LogP) is 3.76. The maximum atomic E-state index is 14.3. The summed E-state index contributed by atoms with van der Waals surface area (Å²) in [5.41, 5.74) is -2.26. The van der Waals surface area contributed by atoms with Gasteiger partial charge in [-0.05, 0) is 91.1 Å². The standard InChI is InChI=1S/C40H73N3O10/c1-22(2)15-29-17-33(45)43(13)21-23(3)19-39(9,48)30(18-32-35(46)31(42(11)12)16-24(4)50-32)25(5)36(26(6)38(47)41-29)53-34-20-40(10,49-14)37(27(7)51-34)52-28(8)44/h22-27,29-32,34-37,46,48H,15-21H2,1-14H3,(H,41,47)/t23-,24-,25-,26-,27+,29?,30-,31+,32+,34+,35-,36+,37+,39-,40-/m1/s1. The van der Waals surface area contributed by atoms with E-state index >= 15 is 0 Å². The number of aliphatic hydroxyl groups is 2. The smallest absolute Gasteiger partial charge is 0.303 e. The van der Waals surface area contributed by atoms with Gasteiger partial charge in [-0.3, -0.25) is 14.4 Å². The third kappa shape index (κ3) is 11.8. The third-order valence-corrected chi connectivity index (χ3v) is 12.1. The Balaban J connectivity index is 2.13. The van der Waals surface area contributed by atoms with Crippen LogP contribution in [-0.4, -0.2) is 139 Å². The van der Waals surface area contributed by atoms with Crippen molar-refractivity contribution in [2.45, 2.75) is 174 Å².